The smallest absolute Gasteiger partial charge is 0.284 e. The molecule has 612 valence electrons. The number of aryl methyl sites for hydroxylation is 2. The Balaban J connectivity index is 0.000000171. The normalized spacial score (nSPS) is 10.2. The molecule has 0 bridgehead atoms. The molecule has 5 N–H and O–H groups in total. The molecule has 28 heteroatoms. The van der Waals surface area contributed by atoms with E-state index in [1.807, 2.05) is 36.4 Å². The summed E-state index contributed by atoms with van der Waals surface area (Å²) in [5, 5.41) is 15.8. The zero-order chi connectivity index (χ0) is 83.7. The average Bonchev–Trinajstić information content (AvgIpc) is 0.980. The first-order valence-corrected chi connectivity index (χ1v) is 37.0. The van der Waals surface area contributed by atoms with Crippen molar-refractivity contribution in [1.82, 2.24) is 34.9 Å². The number of alkyl halides is 2. The Labute approximate surface area is 699 Å². The molecule has 0 radical (unpaired) electrons. The van der Waals surface area contributed by atoms with Crippen molar-refractivity contribution in [2.75, 3.05) is 33.7 Å². The third-order valence-corrected chi connectivity index (χ3v) is 16.8. The van der Waals surface area contributed by atoms with Gasteiger partial charge in [0.2, 0.25) is 0 Å². The molecular formula is C93H80F4N12O11S. The van der Waals surface area contributed by atoms with Gasteiger partial charge in [0.15, 0.2) is 16.5 Å². The van der Waals surface area contributed by atoms with Crippen LogP contribution in [0.5, 0.6) is 63.2 Å². The van der Waals surface area contributed by atoms with E-state index in [0.717, 1.165) is 6.92 Å². The van der Waals surface area contributed by atoms with Crippen molar-refractivity contribution in [1.29, 1.82) is 0 Å². The fraction of sp³-hybridized carbons (Fsp3) is 0.0753. The van der Waals surface area contributed by atoms with Gasteiger partial charge in [-0.05, 0) is 189 Å². The summed E-state index contributed by atoms with van der Waals surface area (Å²) in [6.07, 6.45) is 19.3. The van der Waals surface area contributed by atoms with E-state index in [4.69, 9.17) is 28.4 Å². The third kappa shape index (κ3) is 28.3. The van der Waals surface area contributed by atoms with Crippen LogP contribution >= 0.6 is 11.3 Å². The van der Waals surface area contributed by atoms with Gasteiger partial charge in [-0.1, -0.05) is 75.5 Å². The fourth-order valence-corrected chi connectivity index (χ4v) is 11.0. The Morgan fingerprint density at radius 2 is 0.702 bits per heavy atom. The number of hydrogen-bond donors (Lipinski definition) is 5. The summed E-state index contributed by atoms with van der Waals surface area (Å²) < 4.78 is 88.2. The molecule has 0 aliphatic rings. The van der Waals surface area contributed by atoms with Crippen LogP contribution in [0.4, 0.5) is 46.0 Å². The highest BCUT2D eigenvalue weighted by atomic mass is 32.1. The van der Waals surface area contributed by atoms with Gasteiger partial charge in [0.05, 0.1) is 43.7 Å². The number of rotatable bonds is 22. The maximum Gasteiger partial charge on any atom is 0.284 e. The van der Waals surface area contributed by atoms with Crippen molar-refractivity contribution < 1.29 is 70.0 Å². The standard InChI is InChI=1S/C20H16F2N2O2.C19H15FN2O2.C19H16N2O3.C18H14FN3O2.C15H11N3O2S.2CH4/c1-20(21,22)15-6-2-5-14(11-15)19(25)24-16-7-3-8-17(12-16)26-18-9-4-10-23-13-18;1-13-5-2-9-17(18(13)20)19(23)22-14-6-3-7-15(11-14)24-16-8-4-10-21-12-16;1-23-16-7-2-5-14(11-16)19(22)21-15-6-3-8-17(12-15)24-18-9-4-10-20-13-18;1-12-8-16(19)17(21-10-12)18(23)22-13-4-2-5-14(9-13)24-15-6-3-7-20-11-15;19-14(15-17-7-8-21-15)18-11-3-1-4-12(9-11)20-13-5-2-6-16-10-13;;/h2-13H,1H3,(H,24,25);2-12H,1H3,(H,22,23);2-13H,1H3,(H,21,22);2-11H,1H3,(H,22,23);1-10H,(H,18,19);2*1H4. The minimum atomic E-state index is -3.01. The van der Waals surface area contributed by atoms with Crippen LogP contribution in [-0.2, 0) is 5.92 Å². The molecule has 0 aliphatic carbocycles. The molecule has 0 saturated heterocycles. The van der Waals surface area contributed by atoms with Gasteiger partial charge in [0.1, 0.15) is 69.1 Å². The number of ether oxygens (including phenoxy) is 6. The van der Waals surface area contributed by atoms with Crippen LogP contribution in [0, 0.1) is 25.5 Å². The van der Waals surface area contributed by atoms with Gasteiger partial charge in [0, 0.05) is 131 Å². The van der Waals surface area contributed by atoms with Gasteiger partial charge in [0.25, 0.3) is 35.5 Å². The highest BCUT2D eigenvalue weighted by Gasteiger charge is 2.25. The van der Waals surface area contributed by atoms with E-state index in [0.29, 0.717) is 113 Å². The van der Waals surface area contributed by atoms with Crippen molar-refractivity contribution in [3.63, 3.8) is 0 Å². The SMILES string of the molecule is C.C.CC(F)(F)c1cccc(C(=O)Nc2cccc(Oc3cccnc3)c2)c1.COc1cccc(C(=O)Nc2cccc(Oc3cccnc3)c2)c1.Cc1cccc(C(=O)Nc2cccc(Oc3cccnc3)c2)c1F.Cc1cnc(C(=O)Nc2cccc(Oc3cccnc3)c2)c(F)c1.O=C(Nc1cccc(Oc2cccnc2)c1)c1nccs1. The Morgan fingerprint density at radius 1 is 0.355 bits per heavy atom. The number of pyridine rings is 6. The van der Waals surface area contributed by atoms with Gasteiger partial charge in [-0.15, -0.1) is 11.3 Å². The van der Waals surface area contributed by atoms with Gasteiger partial charge in [-0.3, -0.25) is 48.9 Å². The number of aromatic nitrogens is 7. The van der Waals surface area contributed by atoms with Crippen molar-refractivity contribution in [2.45, 2.75) is 41.5 Å². The predicted octanol–water partition coefficient (Wildman–Crippen LogP) is 22.8. The van der Waals surface area contributed by atoms with Crippen LogP contribution in [-0.4, -0.2) is 71.5 Å². The molecule has 0 aliphatic heterocycles. The largest absolute Gasteiger partial charge is 0.497 e. The Kier molecular flexibility index (Phi) is 33.0. The summed E-state index contributed by atoms with van der Waals surface area (Å²) in [6.45, 7) is 4.12. The highest BCUT2D eigenvalue weighted by molar-refractivity contribution is 7.11. The molecule has 23 nitrogen and oxygen atoms in total. The maximum atomic E-state index is 14.0. The van der Waals surface area contributed by atoms with Crippen molar-refractivity contribution >= 4 is 69.3 Å². The number of thiazole rings is 1. The number of anilines is 5. The van der Waals surface area contributed by atoms with E-state index < -0.39 is 35.3 Å². The summed E-state index contributed by atoms with van der Waals surface area (Å²) in [4.78, 5) is 88.7. The number of nitrogens with zero attached hydrogens (tertiary/aromatic N) is 7. The Hall–Kier alpha value is -15.8. The first-order chi connectivity index (χ1) is 57.7. The van der Waals surface area contributed by atoms with Gasteiger partial charge < -0.3 is 55.0 Å². The molecule has 0 atom stereocenters. The number of nitrogens with one attached hydrogen (secondary N) is 5. The number of amides is 5. The van der Waals surface area contributed by atoms with Gasteiger partial charge >= 0.3 is 0 Å². The van der Waals surface area contributed by atoms with Crippen molar-refractivity contribution in [3.05, 3.63) is 390 Å². The molecule has 7 heterocycles. The van der Waals surface area contributed by atoms with Crippen LogP contribution in [0.25, 0.3) is 0 Å². The lowest BCUT2D eigenvalue weighted by Gasteiger charge is -2.12. The Morgan fingerprint density at radius 3 is 1.07 bits per heavy atom. The second kappa shape index (κ2) is 44.9. The van der Waals surface area contributed by atoms with E-state index >= 15 is 0 Å². The number of hydrogen-bond acceptors (Lipinski definition) is 19. The molecule has 5 amide bonds. The first-order valence-electron chi connectivity index (χ1n) is 36.1. The summed E-state index contributed by atoms with van der Waals surface area (Å²) in [7, 11) is 1.57. The van der Waals surface area contributed by atoms with Crippen molar-refractivity contribution in [2.24, 2.45) is 0 Å². The minimum absolute atomic E-state index is 0. The quantitative estimate of drug-likeness (QED) is 0.0394. The molecule has 0 saturated carbocycles. The lowest BCUT2D eigenvalue weighted by atomic mass is 10.1. The fourth-order valence-electron chi connectivity index (χ4n) is 10.4. The van der Waals surface area contributed by atoms with Gasteiger partial charge in [-0.2, -0.15) is 0 Å². The highest BCUT2D eigenvalue weighted by Crippen LogP contribution is 2.32. The van der Waals surface area contributed by atoms with E-state index in [2.05, 4.69) is 61.5 Å². The van der Waals surface area contributed by atoms with Crippen LogP contribution in [0.2, 0.25) is 0 Å². The topological polar surface area (TPSA) is 291 Å². The second-order valence-corrected chi connectivity index (χ2v) is 26.1. The maximum absolute atomic E-state index is 14.0. The zero-order valence-electron chi connectivity index (χ0n) is 63.8. The first kappa shape index (κ1) is 89.1. The molecule has 15 rings (SSSR count). The minimum Gasteiger partial charge on any atom is -0.497 e. The summed E-state index contributed by atoms with van der Waals surface area (Å²) >= 11 is 1.29. The van der Waals surface area contributed by atoms with E-state index in [1.165, 1.54) is 53.9 Å². The summed E-state index contributed by atoms with van der Waals surface area (Å²) in [6, 6.07) is 70.9. The van der Waals surface area contributed by atoms with Crippen LogP contribution < -0.4 is 55.0 Å². The average molecular weight is 1650 g/mol. The molecule has 0 fully saturated rings. The molecular weight excluding hydrogens is 1570 g/mol. The van der Waals surface area contributed by atoms with Crippen molar-refractivity contribution in [3.8, 4) is 63.2 Å². The van der Waals surface area contributed by atoms with Crippen LogP contribution in [0.15, 0.2) is 335 Å². The Bertz CT molecular complexity index is 5880. The predicted molar refractivity (Wildman–Crippen MR) is 458 cm³/mol. The van der Waals surface area contributed by atoms with Crippen LogP contribution in [0.1, 0.15) is 89.8 Å². The molecule has 0 spiro atoms. The molecule has 8 aromatic carbocycles. The summed E-state index contributed by atoms with van der Waals surface area (Å²) in [5.74, 6) is 0.241. The summed E-state index contributed by atoms with van der Waals surface area (Å²) in [5.41, 5.74) is 4.07. The molecule has 7 aromatic heterocycles. The third-order valence-electron chi connectivity index (χ3n) is 16.0. The lowest BCUT2D eigenvalue weighted by molar-refractivity contribution is 0.0174. The van der Waals surface area contributed by atoms with E-state index in [9.17, 15) is 41.5 Å². The lowest BCUT2D eigenvalue weighted by Crippen LogP contribution is -2.15. The number of carbonyl (C=O) groups is 5. The van der Waals surface area contributed by atoms with Crippen LogP contribution in [0.3, 0.4) is 0 Å². The molecule has 121 heavy (non-hydrogen) atoms. The molecule has 0 unspecified atom stereocenters. The number of benzene rings is 8. The van der Waals surface area contributed by atoms with E-state index in [-0.39, 0.29) is 49.1 Å². The number of carbonyl (C=O) groups excluding carboxylic acids is 5. The van der Waals surface area contributed by atoms with E-state index in [1.54, 1.807) is 276 Å². The van der Waals surface area contributed by atoms with Gasteiger partial charge in [-0.25, -0.2) is 27.5 Å². The monoisotopic (exact) mass is 1650 g/mol. The molecule has 15 aromatic rings. The number of halogens is 4. The number of methoxy groups -OCH3 is 1. The second-order valence-electron chi connectivity index (χ2n) is 25.2. The zero-order valence-corrected chi connectivity index (χ0v) is 64.6.